The second-order valence-corrected chi connectivity index (χ2v) is 14.2. The number of anilines is 1. The van der Waals surface area contributed by atoms with Gasteiger partial charge in [0.05, 0.1) is 30.0 Å². The minimum Gasteiger partial charge on any atom is -0.508 e. The van der Waals surface area contributed by atoms with E-state index in [-0.39, 0.29) is 18.0 Å². The van der Waals surface area contributed by atoms with Crippen LogP contribution in [0, 0.1) is 0 Å². The molecule has 250 valence electrons. The number of carbonyl (C=O) groups excluding carboxylic acids is 1. The molecule has 0 spiro atoms. The van der Waals surface area contributed by atoms with Crippen molar-refractivity contribution in [1.82, 2.24) is 20.1 Å². The van der Waals surface area contributed by atoms with Crippen LogP contribution in [0.5, 0.6) is 5.75 Å². The Bertz CT molecular complexity index is 1750. The summed E-state index contributed by atoms with van der Waals surface area (Å²) in [6, 6.07) is 13.4. The van der Waals surface area contributed by atoms with Crippen LogP contribution < -0.4 is 10.2 Å². The van der Waals surface area contributed by atoms with Gasteiger partial charge in [0.15, 0.2) is 6.23 Å². The fraction of sp³-hybridized carbons (Fsp3) is 0.528. The van der Waals surface area contributed by atoms with Crippen LogP contribution in [0.3, 0.4) is 0 Å². The molecule has 3 fully saturated rings. The van der Waals surface area contributed by atoms with Crippen molar-refractivity contribution in [3.8, 4) is 17.1 Å². The van der Waals surface area contributed by atoms with Gasteiger partial charge in [-0.25, -0.2) is 14.5 Å². The highest BCUT2D eigenvalue weighted by atomic mass is 16.6. The third-order valence-electron chi connectivity index (χ3n) is 9.28. The predicted molar refractivity (Wildman–Crippen MR) is 180 cm³/mol. The summed E-state index contributed by atoms with van der Waals surface area (Å²) in [5.41, 5.74) is 2.97. The van der Waals surface area contributed by atoms with Gasteiger partial charge in [-0.2, -0.15) is 5.10 Å². The molecule has 3 N–H and O–H groups in total. The molecule has 11 heteroatoms. The number of piperidine rings is 1. The van der Waals surface area contributed by atoms with Gasteiger partial charge in [0, 0.05) is 43.0 Å². The van der Waals surface area contributed by atoms with E-state index in [1.807, 2.05) is 42.5 Å². The Kier molecular flexibility index (Phi) is 8.71. The monoisotopic (exact) mass is 643 g/mol. The SMILES string of the molecule is CC(C)(C)OC(=O)N[C@H]1C[C@@H](O)CN(c2nc(-c3nn(C4CCCCO4)c4ccc(C5CCCOC5)cc34)cc3cc(O)ccc23)C1. The Balaban J connectivity index is 1.32. The number of rotatable bonds is 5. The lowest BCUT2D eigenvalue weighted by atomic mass is 9.92. The summed E-state index contributed by atoms with van der Waals surface area (Å²) in [7, 11) is 0. The van der Waals surface area contributed by atoms with Crippen LogP contribution in [0.1, 0.15) is 77.0 Å². The molecule has 0 saturated carbocycles. The summed E-state index contributed by atoms with van der Waals surface area (Å²) in [6.07, 6.45) is 4.15. The topological polar surface area (TPSA) is 131 Å². The molecular formula is C36H45N5O6. The molecule has 2 unspecified atom stereocenters. The fourth-order valence-electron chi connectivity index (χ4n) is 7.16. The smallest absolute Gasteiger partial charge is 0.407 e. The van der Waals surface area contributed by atoms with E-state index in [4.69, 9.17) is 24.3 Å². The molecule has 5 heterocycles. The Morgan fingerprint density at radius 3 is 2.66 bits per heavy atom. The van der Waals surface area contributed by atoms with E-state index in [1.165, 1.54) is 5.56 Å². The van der Waals surface area contributed by atoms with Gasteiger partial charge in [0.25, 0.3) is 0 Å². The summed E-state index contributed by atoms with van der Waals surface area (Å²) in [5.74, 6) is 1.12. The molecular weight excluding hydrogens is 598 g/mol. The van der Waals surface area contributed by atoms with Crippen LogP contribution in [0.15, 0.2) is 42.5 Å². The quantitative estimate of drug-likeness (QED) is 0.239. The number of alkyl carbamates (subject to hydrolysis) is 1. The number of nitrogens with zero attached hydrogens (tertiary/aromatic N) is 4. The number of hydrogen-bond donors (Lipinski definition) is 3. The molecule has 0 bridgehead atoms. The summed E-state index contributed by atoms with van der Waals surface area (Å²) < 4.78 is 19.5. The first-order valence-electron chi connectivity index (χ1n) is 16.9. The Labute approximate surface area is 274 Å². The molecule has 3 saturated heterocycles. The highest BCUT2D eigenvalue weighted by molar-refractivity contribution is 5.99. The molecule has 7 rings (SSSR count). The maximum absolute atomic E-state index is 12.7. The Morgan fingerprint density at radius 2 is 1.89 bits per heavy atom. The zero-order valence-electron chi connectivity index (χ0n) is 27.4. The number of benzene rings is 2. The number of carbonyl (C=O) groups is 1. The number of nitrogens with one attached hydrogen (secondary N) is 1. The number of β-amino-alcohol motifs (C(OH)–C–C–N with tert-alkyl or cyclic N) is 1. The molecule has 11 nitrogen and oxygen atoms in total. The van der Waals surface area contributed by atoms with Crippen molar-refractivity contribution in [2.24, 2.45) is 0 Å². The molecule has 2 aromatic carbocycles. The van der Waals surface area contributed by atoms with Crippen LogP contribution in [0.25, 0.3) is 33.1 Å². The number of aliphatic hydroxyl groups excluding tert-OH is 1. The lowest BCUT2D eigenvalue weighted by Gasteiger charge is -2.37. The van der Waals surface area contributed by atoms with Gasteiger partial charge in [0.1, 0.15) is 22.9 Å². The van der Waals surface area contributed by atoms with Crippen molar-refractivity contribution in [1.29, 1.82) is 0 Å². The van der Waals surface area contributed by atoms with E-state index >= 15 is 0 Å². The minimum absolute atomic E-state index is 0.148. The van der Waals surface area contributed by atoms with Gasteiger partial charge in [-0.05, 0) is 107 Å². The number of ether oxygens (including phenoxy) is 3. The summed E-state index contributed by atoms with van der Waals surface area (Å²) >= 11 is 0. The number of aromatic hydroxyl groups is 1. The van der Waals surface area contributed by atoms with Gasteiger partial charge in [-0.1, -0.05) is 6.07 Å². The van der Waals surface area contributed by atoms with Crippen LogP contribution in [-0.2, 0) is 14.2 Å². The van der Waals surface area contributed by atoms with E-state index in [0.29, 0.717) is 50.2 Å². The van der Waals surface area contributed by atoms with Crippen LogP contribution in [0.4, 0.5) is 10.6 Å². The number of hydrogen-bond acceptors (Lipinski definition) is 9. The highest BCUT2D eigenvalue weighted by Gasteiger charge is 2.31. The average Bonchev–Trinajstić information content (AvgIpc) is 3.43. The van der Waals surface area contributed by atoms with E-state index in [1.54, 1.807) is 12.1 Å². The van der Waals surface area contributed by atoms with Gasteiger partial charge in [0.2, 0.25) is 0 Å². The van der Waals surface area contributed by atoms with E-state index in [2.05, 4.69) is 23.5 Å². The molecule has 0 radical (unpaired) electrons. The van der Waals surface area contributed by atoms with Gasteiger partial charge >= 0.3 is 6.09 Å². The van der Waals surface area contributed by atoms with Crippen molar-refractivity contribution in [2.45, 2.75) is 89.2 Å². The lowest BCUT2D eigenvalue weighted by Crippen LogP contribution is -2.53. The first-order valence-corrected chi connectivity index (χ1v) is 16.9. The van der Waals surface area contributed by atoms with Gasteiger partial charge in [-0.3, -0.25) is 0 Å². The molecule has 47 heavy (non-hydrogen) atoms. The largest absolute Gasteiger partial charge is 0.508 e. The van der Waals surface area contributed by atoms with Crippen LogP contribution >= 0.6 is 0 Å². The third-order valence-corrected chi connectivity index (χ3v) is 9.28. The summed E-state index contributed by atoms with van der Waals surface area (Å²) in [5, 5.41) is 32.2. The molecule has 3 aliphatic rings. The fourth-order valence-corrected chi connectivity index (χ4v) is 7.16. The number of phenolic OH excluding ortho intramolecular Hbond substituents is 1. The molecule has 2 aromatic heterocycles. The summed E-state index contributed by atoms with van der Waals surface area (Å²) in [6.45, 7) is 8.45. The molecule has 4 aromatic rings. The van der Waals surface area contributed by atoms with Crippen molar-refractivity contribution >= 4 is 33.6 Å². The number of fused-ring (bicyclic) bond motifs is 2. The Hall–Kier alpha value is -3.93. The Morgan fingerprint density at radius 1 is 1.02 bits per heavy atom. The minimum atomic E-state index is -0.690. The zero-order valence-corrected chi connectivity index (χ0v) is 27.4. The number of aliphatic hydroxyl groups is 1. The molecule has 1 amide bonds. The first-order chi connectivity index (χ1) is 22.6. The predicted octanol–water partition coefficient (Wildman–Crippen LogP) is 6.01. The zero-order chi connectivity index (χ0) is 32.7. The first kappa shape index (κ1) is 31.7. The lowest BCUT2D eigenvalue weighted by molar-refractivity contribution is -0.0365. The van der Waals surface area contributed by atoms with Crippen LogP contribution in [-0.4, -0.2) is 81.7 Å². The van der Waals surface area contributed by atoms with Crippen molar-refractivity contribution in [2.75, 3.05) is 37.8 Å². The number of amides is 1. The number of aromatic nitrogens is 3. The molecule has 3 aliphatic heterocycles. The average molecular weight is 644 g/mol. The standard InChI is InChI=1S/C36H45N5O6/c1-36(2,3)47-35(44)37-25-18-27(43)20-40(19-25)34-28-11-10-26(42)15-24(28)17-30(38-34)33-29-16-22(23-7-6-13-45-21-23)9-12-31(29)41(39-33)32-8-4-5-14-46-32/h9-12,15-17,23,25,27,32,42-43H,4-8,13-14,18-21H2,1-3H3,(H,37,44)/t23?,25-,27+,32?/m0/s1. The number of pyridine rings is 1. The van der Waals surface area contributed by atoms with Gasteiger partial charge < -0.3 is 34.6 Å². The van der Waals surface area contributed by atoms with E-state index in [9.17, 15) is 15.0 Å². The second kappa shape index (κ2) is 12.9. The maximum atomic E-state index is 12.7. The van der Waals surface area contributed by atoms with E-state index < -0.39 is 17.8 Å². The third kappa shape index (κ3) is 6.88. The highest BCUT2D eigenvalue weighted by Crippen LogP contribution is 2.39. The van der Waals surface area contributed by atoms with Crippen molar-refractivity contribution in [3.05, 3.63) is 48.0 Å². The molecule has 4 atom stereocenters. The maximum Gasteiger partial charge on any atom is 0.407 e. The number of phenols is 1. The van der Waals surface area contributed by atoms with E-state index in [0.717, 1.165) is 66.1 Å². The second-order valence-electron chi connectivity index (χ2n) is 14.2. The molecule has 0 aliphatic carbocycles. The van der Waals surface area contributed by atoms with Gasteiger partial charge in [-0.15, -0.1) is 0 Å². The van der Waals surface area contributed by atoms with Crippen molar-refractivity contribution in [3.63, 3.8) is 0 Å². The normalized spacial score (nSPS) is 24.0. The van der Waals surface area contributed by atoms with Crippen LogP contribution in [0.2, 0.25) is 0 Å². The van der Waals surface area contributed by atoms with Crippen molar-refractivity contribution < 1.29 is 29.2 Å². The summed E-state index contributed by atoms with van der Waals surface area (Å²) in [4.78, 5) is 19.9.